The molecule has 0 aliphatic carbocycles. The SMILES string of the molecule is COC(=O)CCNC(=O)c1cc(CNC(=O)c2nc(NC(=O)CCNC(=O)OC(C)(C)C)cn2C)c[nH]1. The molecule has 0 radical (unpaired) electrons. The van der Waals surface area contributed by atoms with Crippen molar-refractivity contribution in [3.63, 3.8) is 0 Å². The molecule has 0 fully saturated rings. The van der Waals surface area contributed by atoms with E-state index in [1.807, 2.05) is 0 Å². The summed E-state index contributed by atoms with van der Waals surface area (Å²) in [6.45, 7) is 5.53. The smallest absolute Gasteiger partial charge is 0.407 e. The van der Waals surface area contributed by atoms with Crippen LogP contribution >= 0.6 is 0 Å². The van der Waals surface area contributed by atoms with Crippen molar-refractivity contribution in [2.24, 2.45) is 7.05 Å². The number of ether oxygens (including phenoxy) is 2. The number of aromatic amines is 1. The zero-order chi connectivity index (χ0) is 27.6. The van der Waals surface area contributed by atoms with Gasteiger partial charge in [0, 0.05) is 45.5 Å². The van der Waals surface area contributed by atoms with E-state index in [1.54, 1.807) is 40.1 Å². The molecule has 0 aliphatic heterocycles. The molecule has 0 aliphatic rings. The van der Waals surface area contributed by atoms with Gasteiger partial charge in [0.25, 0.3) is 11.8 Å². The van der Waals surface area contributed by atoms with Crippen LogP contribution in [0.1, 0.15) is 60.3 Å². The van der Waals surface area contributed by atoms with Crippen LogP contribution in [0.5, 0.6) is 0 Å². The third kappa shape index (κ3) is 10.0. The second kappa shape index (κ2) is 13.1. The Balaban J connectivity index is 1.80. The first kappa shape index (κ1) is 28.9. The highest BCUT2D eigenvalue weighted by Crippen LogP contribution is 2.09. The highest BCUT2D eigenvalue weighted by atomic mass is 16.6. The molecular formula is C23H33N7O7. The Labute approximate surface area is 213 Å². The van der Waals surface area contributed by atoms with Crippen LogP contribution < -0.4 is 21.3 Å². The number of aromatic nitrogens is 3. The third-order valence-corrected chi connectivity index (χ3v) is 4.65. The Morgan fingerprint density at radius 3 is 2.41 bits per heavy atom. The van der Waals surface area contributed by atoms with Crippen molar-refractivity contribution in [1.82, 2.24) is 30.5 Å². The molecule has 0 saturated carbocycles. The molecule has 0 bridgehead atoms. The second-order valence-corrected chi connectivity index (χ2v) is 8.97. The Morgan fingerprint density at radius 2 is 1.73 bits per heavy atom. The van der Waals surface area contributed by atoms with Crippen molar-refractivity contribution in [1.29, 1.82) is 0 Å². The number of hydrogen-bond donors (Lipinski definition) is 5. The third-order valence-electron chi connectivity index (χ3n) is 4.65. The fraction of sp³-hybridized carbons (Fsp3) is 0.478. The predicted octanol–water partition coefficient (Wildman–Crippen LogP) is 0.824. The lowest BCUT2D eigenvalue weighted by Crippen LogP contribution is -2.34. The van der Waals surface area contributed by atoms with Crippen molar-refractivity contribution in [3.05, 3.63) is 35.5 Å². The van der Waals surface area contributed by atoms with Gasteiger partial charge in [0.1, 0.15) is 11.3 Å². The molecule has 2 rings (SSSR count). The van der Waals surface area contributed by atoms with Gasteiger partial charge in [-0.15, -0.1) is 0 Å². The highest BCUT2D eigenvalue weighted by Gasteiger charge is 2.18. The zero-order valence-corrected chi connectivity index (χ0v) is 21.5. The number of nitrogens with one attached hydrogen (secondary N) is 5. The lowest BCUT2D eigenvalue weighted by atomic mass is 10.2. The summed E-state index contributed by atoms with van der Waals surface area (Å²) in [5.41, 5.74) is 0.283. The van der Waals surface area contributed by atoms with Crippen LogP contribution in [0.2, 0.25) is 0 Å². The van der Waals surface area contributed by atoms with Crippen LogP contribution in [0, 0.1) is 0 Å². The Bertz CT molecular complexity index is 1130. The van der Waals surface area contributed by atoms with Gasteiger partial charge in [-0.3, -0.25) is 19.2 Å². The van der Waals surface area contributed by atoms with E-state index < -0.39 is 35.4 Å². The number of nitrogens with zero attached hydrogens (tertiary/aromatic N) is 2. The average Bonchev–Trinajstić information content (AvgIpc) is 3.42. The highest BCUT2D eigenvalue weighted by molar-refractivity contribution is 5.94. The first-order valence-corrected chi connectivity index (χ1v) is 11.5. The molecule has 202 valence electrons. The van der Waals surface area contributed by atoms with Crippen molar-refractivity contribution in [2.75, 3.05) is 25.5 Å². The molecule has 5 N–H and O–H groups in total. The lowest BCUT2D eigenvalue weighted by molar-refractivity contribution is -0.140. The van der Waals surface area contributed by atoms with Gasteiger partial charge in [-0.25, -0.2) is 9.78 Å². The number of alkyl carbamates (subject to hydrolysis) is 1. The minimum atomic E-state index is -0.637. The van der Waals surface area contributed by atoms with E-state index in [9.17, 15) is 24.0 Å². The van der Waals surface area contributed by atoms with Gasteiger partial charge in [0.05, 0.1) is 13.5 Å². The van der Waals surface area contributed by atoms with Gasteiger partial charge < -0.3 is 40.3 Å². The number of carbonyl (C=O) groups is 5. The number of amides is 4. The van der Waals surface area contributed by atoms with Gasteiger partial charge in [0.15, 0.2) is 5.82 Å². The number of hydrogen-bond acceptors (Lipinski definition) is 8. The van der Waals surface area contributed by atoms with Crippen LogP contribution in [-0.2, 0) is 32.7 Å². The summed E-state index contributed by atoms with van der Waals surface area (Å²) in [5, 5.41) is 10.4. The van der Waals surface area contributed by atoms with Crippen LogP contribution in [0.25, 0.3) is 0 Å². The molecule has 0 unspecified atom stereocenters. The van der Waals surface area contributed by atoms with Crippen molar-refractivity contribution < 1.29 is 33.4 Å². The number of carbonyl (C=O) groups excluding carboxylic acids is 5. The number of esters is 1. The maximum absolute atomic E-state index is 12.6. The van der Waals surface area contributed by atoms with Gasteiger partial charge in [-0.1, -0.05) is 0 Å². The average molecular weight is 520 g/mol. The summed E-state index contributed by atoms with van der Waals surface area (Å²) in [6, 6.07) is 1.57. The Hall–Kier alpha value is -4.36. The number of rotatable bonds is 11. The summed E-state index contributed by atoms with van der Waals surface area (Å²) in [7, 11) is 2.88. The van der Waals surface area contributed by atoms with E-state index in [0.29, 0.717) is 5.56 Å². The maximum atomic E-state index is 12.6. The molecule has 2 aromatic heterocycles. The minimum absolute atomic E-state index is 0.0105. The van der Waals surface area contributed by atoms with Gasteiger partial charge in [-0.2, -0.15) is 0 Å². The first-order valence-electron chi connectivity index (χ1n) is 11.5. The van der Waals surface area contributed by atoms with E-state index >= 15 is 0 Å². The van der Waals surface area contributed by atoms with Crippen LogP contribution in [0.3, 0.4) is 0 Å². The van der Waals surface area contributed by atoms with E-state index in [0.717, 1.165) is 0 Å². The van der Waals surface area contributed by atoms with E-state index in [4.69, 9.17) is 4.74 Å². The van der Waals surface area contributed by atoms with Crippen LogP contribution in [0.15, 0.2) is 18.5 Å². The summed E-state index contributed by atoms with van der Waals surface area (Å²) >= 11 is 0. The number of anilines is 1. The van der Waals surface area contributed by atoms with Gasteiger partial charge in [0.2, 0.25) is 11.7 Å². The molecule has 0 atom stereocenters. The summed E-state index contributed by atoms with van der Waals surface area (Å²) in [6.07, 6.45) is 2.49. The van der Waals surface area contributed by atoms with Crippen molar-refractivity contribution >= 4 is 35.6 Å². The number of aryl methyl sites for hydroxylation is 1. The molecular weight excluding hydrogens is 486 g/mol. The number of imidazole rings is 1. The molecule has 0 spiro atoms. The van der Waals surface area contributed by atoms with Crippen molar-refractivity contribution in [3.8, 4) is 0 Å². The minimum Gasteiger partial charge on any atom is -0.469 e. The summed E-state index contributed by atoms with van der Waals surface area (Å²) < 4.78 is 11.1. The fourth-order valence-corrected chi connectivity index (χ4v) is 2.94. The molecule has 0 saturated heterocycles. The predicted molar refractivity (Wildman–Crippen MR) is 132 cm³/mol. The normalized spacial score (nSPS) is 10.8. The quantitative estimate of drug-likeness (QED) is 0.270. The fourth-order valence-electron chi connectivity index (χ4n) is 2.94. The number of methoxy groups -OCH3 is 1. The summed E-state index contributed by atoms with van der Waals surface area (Å²) in [5.74, 6) is -1.46. The van der Waals surface area contributed by atoms with Gasteiger partial charge >= 0.3 is 12.1 Å². The van der Waals surface area contributed by atoms with Crippen molar-refractivity contribution in [2.45, 2.75) is 45.8 Å². The number of H-pyrrole nitrogens is 1. The standard InChI is InChI=1S/C23H33N7O7/c1-23(2,3)37-22(35)25-8-6-17(31)28-16-13-30(4)19(29-16)21(34)27-12-14-10-15(26-11-14)20(33)24-9-7-18(32)36-5/h10-11,13,26H,6-9,12H2,1-5H3,(H,24,33)(H,25,35)(H,27,34)(H,28,31). The summed E-state index contributed by atoms with van der Waals surface area (Å²) in [4.78, 5) is 66.5. The van der Waals surface area contributed by atoms with E-state index in [-0.39, 0.29) is 49.8 Å². The molecule has 2 aromatic rings. The van der Waals surface area contributed by atoms with Gasteiger partial charge in [-0.05, 0) is 32.4 Å². The first-order chi connectivity index (χ1) is 17.4. The molecule has 37 heavy (non-hydrogen) atoms. The van der Waals surface area contributed by atoms with Crippen LogP contribution in [-0.4, -0.2) is 70.1 Å². The van der Waals surface area contributed by atoms with Crippen LogP contribution in [0.4, 0.5) is 10.6 Å². The van der Waals surface area contributed by atoms with E-state index in [2.05, 4.69) is 36.0 Å². The van der Waals surface area contributed by atoms with E-state index in [1.165, 1.54) is 17.9 Å². The maximum Gasteiger partial charge on any atom is 0.407 e. The molecule has 2 heterocycles. The Kier molecular flexibility index (Phi) is 10.2. The molecule has 4 amide bonds. The zero-order valence-electron chi connectivity index (χ0n) is 21.5. The monoisotopic (exact) mass is 519 g/mol. The second-order valence-electron chi connectivity index (χ2n) is 8.97. The molecule has 14 nitrogen and oxygen atoms in total. The molecule has 14 heteroatoms. The lowest BCUT2D eigenvalue weighted by Gasteiger charge is -2.19. The molecule has 0 aromatic carbocycles. The topological polar surface area (TPSA) is 186 Å². The Morgan fingerprint density at radius 1 is 1.03 bits per heavy atom. The largest absolute Gasteiger partial charge is 0.469 e.